The highest BCUT2D eigenvalue weighted by molar-refractivity contribution is 7.86. The Labute approximate surface area is 132 Å². The zero-order chi connectivity index (χ0) is 18.2. The van der Waals surface area contributed by atoms with Crippen LogP contribution in [0.3, 0.4) is 0 Å². The third kappa shape index (κ3) is 13.0. The molecule has 9 heteroatoms. The van der Waals surface area contributed by atoms with Gasteiger partial charge in [-0.05, 0) is 13.0 Å². The molecule has 0 aliphatic rings. The minimum absolute atomic E-state index is 0.941. The molecule has 0 unspecified atom stereocenters. The van der Waals surface area contributed by atoms with Crippen molar-refractivity contribution in [1.29, 1.82) is 0 Å². The highest BCUT2D eigenvalue weighted by Crippen LogP contribution is 2.20. The Hall–Kier alpha value is -0.673. The summed E-state index contributed by atoms with van der Waals surface area (Å²) in [6.45, 7) is 17.9. The lowest BCUT2D eigenvalue weighted by Crippen LogP contribution is -2.21. The normalized spacial score (nSPS) is 13.4. The molecule has 4 nitrogen and oxygen atoms in total. The quantitative estimate of drug-likeness (QED) is 0.182. The van der Waals surface area contributed by atoms with Crippen molar-refractivity contribution in [3.63, 3.8) is 0 Å². The SMILES string of the molecule is C=C(CC[N+](=CC)CC)C[Si](C)(C)C.O=S(=O)([O-])C(F)(F)F. The summed E-state index contributed by atoms with van der Waals surface area (Å²) < 4.78 is 61.2. The van der Waals surface area contributed by atoms with Crippen LogP contribution in [0.25, 0.3) is 0 Å². The summed E-state index contributed by atoms with van der Waals surface area (Å²) in [5.41, 5.74) is -4.21. The maximum atomic E-state index is 10.7. The molecule has 0 spiro atoms. The van der Waals surface area contributed by atoms with Crippen molar-refractivity contribution < 1.29 is 30.7 Å². The molecule has 0 saturated carbocycles. The third-order valence-electron chi connectivity index (χ3n) is 2.59. The second-order valence-electron chi connectivity index (χ2n) is 6.02. The molecule has 0 aromatic carbocycles. The van der Waals surface area contributed by atoms with Crippen LogP contribution in [0.2, 0.25) is 25.7 Å². The molecule has 0 heterocycles. The zero-order valence-electron chi connectivity index (χ0n) is 13.8. The van der Waals surface area contributed by atoms with Gasteiger partial charge in [0.2, 0.25) is 0 Å². The number of nitrogens with zero attached hydrogens (tertiary/aromatic N) is 1. The second-order valence-corrected chi connectivity index (χ2v) is 12.9. The van der Waals surface area contributed by atoms with E-state index in [9.17, 15) is 13.2 Å². The molecular weight excluding hydrogens is 335 g/mol. The molecule has 0 aliphatic carbocycles. The largest absolute Gasteiger partial charge is 0.741 e. The van der Waals surface area contributed by atoms with E-state index < -0.39 is 23.7 Å². The Bertz CT molecular complexity index is 480. The average molecular weight is 362 g/mol. The Morgan fingerprint density at radius 1 is 1.32 bits per heavy atom. The lowest BCUT2D eigenvalue weighted by molar-refractivity contribution is -0.519. The first-order valence-electron chi connectivity index (χ1n) is 6.86. The summed E-state index contributed by atoms with van der Waals surface area (Å²) in [5.74, 6) is 0. The van der Waals surface area contributed by atoms with Crippen molar-refractivity contribution in [3.05, 3.63) is 12.2 Å². The van der Waals surface area contributed by atoms with E-state index in [-0.39, 0.29) is 0 Å². The van der Waals surface area contributed by atoms with Gasteiger partial charge in [0.25, 0.3) is 0 Å². The number of hydrogen-bond acceptors (Lipinski definition) is 3. The Morgan fingerprint density at radius 2 is 1.73 bits per heavy atom. The molecule has 0 radical (unpaired) electrons. The minimum atomic E-state index is -6.09. The molecule has 0 amide bonds. The molecule has 0 atom stereocenters. The van der Waals surface area contributed by atoms with Crippen LogP contribution in [0, 0.1) is 0 Å². The van der Waals surface area contributed by atoms with E-state index in [1.807, 2.05) is 0 Å². The molecule has 0 N–H and O–H groups in total. The topological polar surface area (TPSA) is 60.2 Å². The molecule has 0 aromatic heterocycles. The van der Waals surface area contributed by atoms with Gasteiger partial charge in [-0.1, -0.05) is 31.8 Å². The summed E-state index contributed by atoms with van der Waals surface area (Å²) in [6.07, 6.45) is 3.32. The molecule has 0 fully saturated rings. The van der Waals surface area contributed by atoms with Gasteiger partial charge in [-0.2, -0.15) is 13.2 Å². The van der Waals surface area contributed by atoms with E-state index in [0.717, 1.165) is 19.5 Å². The standard InChI is InChI=1S/C12H26NSi.CHF3O3S/c1-7-13(8-2)10-9-12(3)11-14(4,5)6;2-1(3,4)8(5,6)7/h7H,3,8-11H2,1-2,4-6H3;(H,5,6,7)/q+1;/p-1. The van der Waals surface area contributed by atoms with Gasteiger partial charge in [0.15, 0.2) is 10.1 Å². The first-order valence-corrected chi connectivity index (χ1v) is 12.0. The number of alkyl halides is 3. The summed E-state index contributed by atoms with van der Waals surface area (Å²) >= 11 is 0. The van der Waals surface area contributed by atoms with Crippen LogP contribution in [0.5, 0.6) is 0 Å². The minimum Gasteiger partial charge on any atom is -0.741 e. The van der Waals surface area contributed by atoms with Gasteiger partial charge in [0.05, 0.1) is 0 Å². The number of rotatable bonds is 6. The summed E-state index contributed by atoms with van der Waals surface area (Å²) in [6, 6.07) is 1.27. The zero-order valence-corrected chi connectivity index (χ0v) is 15.6. The predicted octanol–water partition coefficient (Wildman–Crippen LogP) is 3.45. The fraction of sp³-hybridized carbons (Fsp3) is 0.769. The van der Waals surface area contributed by atoms with Crippen LogP contribution < -0.4 is 0 Å². The first-order chi connectivity index (χ1) is 9.64. The van der Waals surface area contributed by atoms with Gasteiger partial charge in [-0.3, -0.25) is 0 Å². The van der Waals surface area contributed by atoms with Gasteiger partial charge < -0.3 is 4.55 Å². The summed E-state index contributed by atoms with van der Waals surface area (Å²) in [4.78, 5) is 0. The van der Waals surface area contributed by atoms with Crippen LogP contribution in [0.15, 0.2) is 12.2 Å². The Balaban J connectivity index is 0. The van der Waals surface area contributed by atoms with E-state index in [2.05, 4.69) is 50.9 Å². The summed E-state index contributed by atoms with van der Waals surface area (Å²) in [5, 5.41) is 0. The predicted molar refractivity (Wildman–Crippen MR) is 85.1 cm³/mol. The molecular formula is C13H26F3NO3SSi. The monoisotopic (exact) mass is 361 g/mol. The van der Waals surface area contributed by atoms with Crippen LogP contribution in [-0.4, -0.2) is 50.4 Å². The Morgan fingerprint density at radius 3 is 1.95 bits per heavy atom. The lowest BCUT2D eigenvalue weighted by Gasteiger charge is -2.16. The van der Waals surface area contributed by atoms with Crippen molar-refractivity contribution in [2.75, 3.05) is 13.1 Å². The van der Waals surface area contributed by atoms with Gasteiger partial charge in [0.1, 0.15) is 19.3 Å². The highest BCUT2D eigenvalue weighted by Gasteiger charge is 2.36. The molecule has 0 rings (SSSR count). The molecule has 0 saturated heterocycles. The van der Waals surface area contributed by atoms with Crippen molar-refractivity contribution in [2.45, 2.75) is 51.5 Å². The van der Waals surface area contributed by atoms with Crippen LogP contribution >= 0.6 is 0 Å². The summed E-state index contributed by atoms with van der Waals surface area (Å²) in [7, 11) is -7.03. The maximum absolute atomic E-state index is 10.7. The van der Waals surface area contributed by atoms with E-state index >= 15 is 0 Å². The average Bonchev–Trinajstić information content (AvgIpc) is 2.26. The van der Waals surface area contributed by atoms with Crippen molar-refractivity contribution >= 4 is 24.4 Å². The Kier molecular flexibility index (Phi) is 10.1. The molecule has 0 bridgehead atoms. The van der Waals surface area contributed by atoms with Crippen molar-refractivity contribution in [1.82, 2.24) is 0 Å². The molecule has 0 aromatic rings. The van der Waals surface area contributed by atoms with Crippen LogP contribution in [-0.2, 0) is 10.1 Å². The fourth-order valence-electron chi connectivity index (χ4n) is 1.61. The van der Waals surface area contributed by atoms with Crippen molar-refractivity contribution in [3.8, 4) is 0 Å². The maximum Gasteiger partial charge on any atom is 0.485 e. The molecule has 0 aliphatic heterocycles. The van der Waals surface area contributed by atoms with Crippen LogP contribution in [0.1, 0.15) is 20.3 Å². The second kappa shape index (κ2) is 9.46. The fourth-order valence-corrected chi connectivity index (χ4v) is 3.29. The molecule has 22 heavy (non-hydrogen) atoms. The number of halogens is 3. The molecule has 132 valence electrons. The van der Waals surface area contributed by atoms with E-state index in [4.69, 9.17) is 13.0 Å². The van der Waals surface area contributed by atoms with Gasteiger partial charge in [-0.15, -0.1) is 0 Å². The third-order valence-corrected chi connectivity index (χ3v) is 4.72. The van der Waals surface area contributed by atoms with E-state index in [1.165, 1.54) is 11.6 Å². The van der Waals surface area contributed by atoms with Gasteiger partial charge in [-0.25, -0.2) is 13.0 Å². The van der Waals surface area contributed by atoms with Gasteiger partial charge >= 0.3 is 5.51 Å². The highest BCUT2D eigenvalue weighted by atomic mass is 32.2. The smallest absolute Gasteiger partial charge is 0.485 e. The first kappa shape index (κ1) is 23.6. The number of hydrogen-bond donors (Lipinski definition) is 0. The van der Waals surface area contributed by atoms with Gasteiger partial charge in [0, 0.05) is 21.4 Å². The lowest BCUT2D eigenvalue weighted by atomic mass is 10.2. The van der Waals surface area contributed by atoms with Crippen molar-refractivity contribution in [2.24, 2.45) is 0 Å². The van der Waals surface area contributed by atoms with E-state index in [1.54, 1.807) is 0 Å². The van der Waals surface area contributed by atoms with Crippen LogP contribution in [0.4, 0.5) is 13.2 Å². The van der Waals surface area contributed by atoms with E-state index in [0.29, 0.717) is 0 Å².